The standard InChI is InChI=1S/C21H24N4O2/c1-27-13-9-18-8-2-3-11-24(18)21(26)17-7-4-6-16(14-17)19-15-23-25-12-5-10-22-20(19)25/h4-7,10,12,14-15,18H,2-3,8-9,11,13H2,1H3/t18-/m0/s1. The normalized spacial score (nSPS) is 17.4. The van der Waals surface area contributed by atoms with E-state index in [0.29, 0.717) is 12.2 Å². The van der Waals surface area contributed by atoms with Gasteiger partial charge in [0.15, 0.2) is 5.65 Å². The van der Waals surface area contributed by atoms with Crippen molar-refractivity contribution in [3.05, 3.63) is 54.5 Å². The molecule has 0 saturated carbocycles. The third kappa shape index (κ3) is 3.57. The predicted octanol–water partition coefficient (Wildman–Crippen LogP) is 3.43. The SMILES string of the molecule is COCC[C@@H]1CCCCN1C(=O)c1cccc(-c2cnn3cccnc23)c1. The number of carbonyl (C=O) groups is 1. The Morgan fingerprint density at radius 1 is 1.30 bits per heavy atom. The number of fused-ring (bicyclic) bond motifs is 1. The molecule has 2 aromatic heterocycles. The van der Waals surface area contributed by atoms with Gasteiger partial charge in [0.2, 0.25) is 0 Å². The molecule has 0 N–H and O–H groups in total. The lowest BCUT2D eigenvalue weighted by atomic mass is 9.97. The van der Waals surface area contributed by atoms with Crippen molar-refractivity contribution in [2.45, 2.75) is 31.7 Å². The van der Waals surface area contributed by atoms with Crippen molar-refractivity contribution in [2.75, 3.05) is 20.3 Å². The second kappa shape index (κ2) is 7.88. The number of carbonyl (C=O) groups excluding carboxylic acids is 1. The molecule has 1 saturated heterocycles. The summed E-state index contributed by atoms with van der Waals surface area (Å²) in [4.78, 5) is 19.7. The Balaban J connectivity index is 1.62. The first-order valence-corrected chi connectivity index (χ1v) is 9.46. The molecule has 3 heterocycles. The maximum Gasteiger partial charge on any atom is 0.254 e. The van der Waals surface area contributed by atoms with E-state index in [-0.39, 0.29) is 11.9 Å². The van der Waals surface area contributed by atoms with Crippen molar-refractivity contribution in [1.29, 1.82) is 0 Å². The van der Waals surface area contributed by atoms with Crippen LogP contribution < -0.4 is 0 Å². The summed E-state index contributed by atoms with van der Waals surface area (Å²) >= 11 is 0. The largest absolute Gasteiger partial charge is 0.385 e. The first-order chi connectivity index (χ1) is 13.3. The maximum absolute atomic E-state index is 13.2. The number of benzene rings is 1. The van der Waals surface area contributed by atoms with Crippen LogP contribution in [0.4, 0.5) is 0 Å². The summed E-state index contributed by atoms with van der Waals surface area (Å²) in [5, 5.41) is 4.35. The third-order valence-electron chi connectivity index (χ3n) is 5.24. The zero-order chi connectivity index (χ0) is 18.6. The van der Waals surface area contributed by atoms with Crippen molar-refractivity contribution in [2.24, 2.45) is 0 Å². The first kappa shape index (κ1) is 17.7. The Morgan fingerprint density at radius 2 is 2.22 bits per heavy atom. The number of rotatable bonds is 5. The van der Waals surface area contributed by atoms with Crippen molar-refractivity contribution >= 4 is 11.6 Å². The number of nitrogens with zero attached hydrogens (tertiary/aromatic N) is 4. The van der Waals surface area contributed by atoms with Crippen LogP contribution in [-0.2, 0) is 4.74 Å². The highest BCUT2D eigenvalue weighted by Gasteiger charge is 2.27. The number of amides is 1. The predicted molar refractivity (Wildman–Crippen MR) is 104 cm³/mol. The van der Waals surface area contributed by atoms with Gasteiger partial charge in [0, 0.05) is 49.8 Å². The van der Waals surface area contributed by atoms with Gasteiger partial charge in [-0.1, -0.05) is 12.1 Å². The van der Waals surface area contributed by atoms with Crippen LogP contribution >= 0.6 is 0 Å². The Labute approximate surface area is 158 Å². The van der Waals surface area contributed by atoms with Gasteiger partial charge < -0.3 is 9.64 Å². The Kier molecular flexibility index (Phi) is 5.16. The van der Waals surface area contributed by atoms with Crippen LogP contribution in [0, 0.1) is 0 Å². The summed E-state index contributed by atoms with van der Waals surface area (Å²) in [5.41, 5.74) is 3.39. The van der Waals surface area contributed by atoms with Crippen LogP contribution in [0.2, 0.25) is 0 Å². The lowest BCUT2D eigenvalue weighted by Gasteiger charge is -2.36. The average molecular weight is 364 g/mol. The monoisotopic (exact) mass is 364 g/mol. The zero-order valence-corrected chi connectivity index (χ0v) is 15.5. The highest BCUT2D eigenvalue weighted by Crippen LogP contribution is 2.26. The number of hydrogen-bond acceptors (Lipinski definition) is 4. The van der Waals surface area contributed by atoms with E-state index in [1.807, 2.05) is 41.4 Å². The minimum atomic E-state index is 0.0992. The molecule has 0 radical (unpaired) electrons. The highest BCUT2D eigenvalue weighted by molar-refractivity contribution is 5.96. The van der Waals surface area contributed by atoms with Crippen molar-refractivity contribution in [1.82, 2.24) is 19.5 Å². The summed E-state index contributed by atoms with van der Waals surface area (Å²) in [6.07, 6.45) is 9.60. The fourth-order valence-corrected chi connectivity index (χ4v) is 3.84. The molecule has 4 rings (SSSR count). The molecule has 1 atom stereocenters. The summed E-state index contributed by atoms with van der Waals surface area (Å²) < 4.78 is 6.98. The van der Waals surface area contributed by atoms with Crippen LogP contribution in [0.25, 0.3) is 16.8 Å². The van der Waals surface area contributed by atoms with E-state index >= 15 is 0 Å². The van der Waals surface area contributed by atoms with E-state index in [1.165, 1.54) is 6.42 Å². The summed E-state index contributed by atoms with van der Waals surface area (Å²) in [6, 6.07) is 9.89. The first-order valence-electron chi connectivity index (χ1n) is 9.46. The molecule has 1 amide bonds. The molecule has 140 valence electrons. The number of hydrogen-bond donors (Lipinski definition) is 0. The number of methoxy groups -OCH3 is 1. The van der Waals surface area contributed by atoms with Gasteiger partial charge in [-0.2, -0.15) is 5.10 Å². The lowest BCUT2D eigenvalue weighted by Crippen LogP contribution is -2.44. The van der Waals surface area contributed by atoms with Crippen molar-refractivity contribution < 1.29 is 9.53 Å². The third-order valence-corrected chi connectivity index (χ3v) is 5.24. The van der Waals surface area contributed by atoms with Crippen molar-refractivity contribution in [3.8, 4) is 11.1 Å². The van der Waals surface area contributed by atoms with Gasteiger partial charge >= 0.3 is 0 Å². The number of aromatic nitrogens is 3. The second-order valence-electron chi connectivity index (χ2n) is 6.96. The van der Waals surface area contributed by atoms with Gasteiger partial charge in [-0.3, -0.25) is 4.79 Å². The molecule has 1 aromatic carbocycles. The molecule has 6 nitrogen and oxygen atoms in total. The molecule has 0 bridgehead atoms. The highest BCUT2D eigenvalue weighted by atomic mass is 16.5. The average Bonchev–Trinajstić information content (AvgIpc) is 3.16. The summed E-state index contributed by atoms with van der Waals surface area (Å²) in [7, 11) is 1.71. The molecular weight excluding hydrogens is 340 g/mol. The molecule has 27 heavy (non-hydrogen) atoms. The van der Waals surface area contributed by atoms with Gasteiger partial charge in [0.1, 0.15) is 0 Å². The van der Waals surface area contributed by atoms with E-state index in [1.54, 1.807) is 24.0 Å². The van der Waals surface area contributed by atoms with Gasteiger partial charge in [0.05, 0.1) is 6.20 Å². The topological polar surface area (TPSA) is 59.7 Å². The smallest absolute Gasteiger partial charge is 0.254 e. The van der Waals surface area contributed by atoms with E-state index in [0.717, 1.165) is 42.6 Å². The summed E-state index contributed by atoms with van der Waals surface area (Å²) in [5.74, 6) is 0.0992. The fraction of sp³-hybridized carbons (Fsp3) is 0.381. The van der Waals surface area contributed by atoms with E-state index < -0.39 is 0 Å². The van der Waals surface area contributed by atoms with Crippen LogP contribution in [0.5, 0.6) is 0 Å². The molecular formula is C21H24N4O2. The molecule has 0 aliphatic carbocycles. The molecule has 1 fully saturated rings. The Hall–Kier alpha value is -2.73. The van der Waals surface area contributed by atoms with Crippen LogP contribution in [-0.4, -0.2) is 51.7 Å². The van der Waals surface area contributed by atoms with E-state index in [4.69, 9.17) is 4.74 Å². The molecule has 0 spiro atoms. The van der Waals surface area contributed by atoms with Crippen LogP contribution in [0.1, 0.15) is 36.0 Å². The van der Waals surface area contributed by atoms with Crippen molar-refractivity contribution in [3.63, 3.8) is 0 Å². The molecule has 1 aliphatic heterocycles. The summed E-state index contributed by atoms with van der Waals surface area (Å²) in [6.45, 7) is 1.50. The molecule has 1 aliphatic rings. The van der Waals surface area contributed by atoms with Crippen LogP contribution in [0.3, 0.4) is 0 Å². The molecule has 3 aromatic rings. The second-order valence-corrected chi connectivity index (χ2v) is 6.96. The number of ether oxygens (including phenoxy) is 1. The number of likely N-dealkylation sites (tertiary alicyclic amines) is 1. The zero-order valence-electron chi connectivity index (χ0n) is 15.5. The molecule has 6 heteroatoms. The van der Waals surface area contributed by atoms with Gasteiger partial charge in [-0.25, -0.2) is 9.50 Å². The number of piperidine rings is 1. The Morgan fingerprint density at radius 3 is 3.11 bits per heavy atom. The van der Waals surface area contributed by atoms with E-state index in [2.05, 4.69) is 10.1 Å². The molecule has 0 unspecified atom stereocenters. The van der Waals surface area contributed by atoms with Gasteiger partial charge in [0.25, 0.3) is 5.91 Å². The van der Waals surface area contributed by atoms with Gasteiger partial charge in [-0.05, 0) is 49.4 Å². The quantitative estimate of drug-likeness (QED) is 0.696. The van der Waals surface area contributed by atoms with Crippen LogP contribution in [0.15, 0.2) is 48.9 Å². The van der Waals surface area contributed by atoms with E-state index in [9.17, 15) is 4.79 Å². The Bertz CT molecular complexity index is 937. The fourth-order valence-electron chi connectivity index (χ4n) is 3.84. The lowest BCUT2D eigenvalue weighted by molar-refractivity contribution is 0.0553. The minimum absolute atomic E-state index is 0.0992. The maximum atomic E-state index is 13.2. The van der Waals surface area contributed by atoms with Gasteiger partial charge in [-0.15, -0.1) is 0 Å². The minimum Gasteiger partial charge on any atom is -0.385 e.